The van der Waals surface area contributed by atoms with Crippen LogP contribution in [0.25, 0.3) is 0 Å². The fraction of sp³-hybridized carbons (Fsp3) is 0.333. The lowest BCUT2D eigenvalue weighted by atomic mass is 10.1. The number of methoxy groups -OCH3 is 1. The Hall–Kier alpha value is -2.45. The number of hydrogen-bond acceptors (Lipinski definition) is 7. The second-order valence-corrected chi connectivity index (χ2v) is 6.97. The van der Waals surface area contributed by atoms with Crippen LogP contribution in [0.1, 0.15) is 24.0 Å². The highest BCUT2D eigenvalue weighted by atomic mass is 32.2. The molecule has 7 nitrogen and oxygen atoms in total. The third-order valence-corrected chi connectivity index (χ3v) is 4.63. The predicted octanol–water partition coefficient (Wildman–Crippen LogP) is 2.22. The molecular weight excluding hydrogens is 354 g/mol. The van der Waals surface area contributed by atoms with Crippen molar-refractivity contribution in [2.45, 2.75) is 19.4 Å². The molecule has 26 heavy (non-hydrogen) atoms. The Morgan fingerprint density at radius 2 is 2.27 bits per heavy atom. The van der Waals surface area contributed by atoms with Crippen molar-refractivity contribution in [3.8, 4) is 0 Å². The van der Waals surface area contributed by atoms with E-state index in [9.17, 15) is 9.59 Å². The van der Waals surface area contributed by atoms with Gasteiger partial charge in [0.2, 0.25) is 0 Å². The molecular formula is C18H19N3O4S. The maximum Gasteiger partial charge on any atom is 0.331 e. The number of benzene rings is 1. The van der Waals surface area contributed by atoms with Crippen molar-refractivity contribution >= 4 is 35.0 Å². The number of rotatable bonds is 7. The largest absolute Gasteiger partial charge is 0.466 e. The smallest absolute Gasteiger partial charge is 0.331 e. The van der Waals surface area contributed by atoms with Gasteiger partial charge in [-0.05, 0) is 47.7 Å². The molecule has 0 radical (unpaired) electrons. The third-order valence-electron chi connectivity index (χ3n) is 3.73. The molecule has 1 aromatic rings. The molecule has 136 valence electrons. The Morgan fingerprint density at radius 1 is 1.42 bits per heavy atom. The lowest BCUT2D eigenvalue weighted by Gasteiger charge is -2.03. The number of carbonyl (C=O) groups excluding carboxylic acids is 2. The van der Waals surface area contributed by atoms with Gasteiger partial charge in [-0.3, -0.25) is 10.1 Å². The van der Waals surface area contributed by atoms with Crippen LogP contribution < -0.4 is 5.32 Å². The van der Waals surface area contributed by atoms with E-state index in [1.54, 1.807) is 6.21 Å². The topological polar surface area (TPSA) is 89.3 Å². The molecule has 0 aromatic heterocycles. The van der Waals surface area contributed by atoms with E-state index in [2.05, 4.69) is 20.3 Å². The summed E-state index contributed by atoms with van der Waals surface area (Å²) < 4.78 is 10.2. The average Bonchev–Trinajstić information content (AvgIpc) is 3.39. The van der Waals surface area contributed by atoms with Crippen LogP contribution in [0.3, 0.4) is 0 Å². The van der Waals surface area contributed by atoms with Gasteiger partial charge in [0, 0.05) is 12.7 Å². The summed E-state index contributed by atoms with van der Waals surface area (Å²) in [6.07, 6.45) is 5.28. The fourth-order valence-electron chi connectivity index (χ4n) is 2.18. The molecule has 0 bridgehead atoms. The van der Waals surface area contributed by atoms with E-state index in [1.165, 1.54) is 20.0 Å². The van der Waals surface area contributed by atoms with E-state index in [1.807, 2.05) is 24.3 Å². The predicted molar refractivity (Wildman–Crippen MR) is 99.7 cm³/mol. The van der Waals surface area contributed by atoms with Crippen LogP contribution >= 0.6 is 11.8 Å². The first kappa shape index (κ1) is 18.3. The molecule has 1 aromatic carbocycles. The molecule has 0 unspecified atom stereocenters. The zero-order chi connectivity index (χ0) is 18.4. The summed E-state index contributed by atoms with van der Waals surface area (Å²) in [7, 11) is 1.25. The highest BCUT2D eigenvalue weighted by molar-refractivity contribution is 8.18. The van der Waals surface area contributed by atoms with E-state index in [4.69, 9.17) is 4.74 Å². The van der Waals surface area contributed by atoms with Gasteiger partial charge in [0.15, 0.2) is 5.17 Å². The van der Waals surface area contributed by atoms with Gasteiger partial charge in [-0.1, -0.05) is 18.2 Å². The van der Waals surface area contributed by atoms with Gasteiger partial charge >= 0.3 is 5.97 Å². The van der Waals surface area contributed by atoms with E-state index in [-0.39, 0.29) is 4.91 Å². The Kier molecular flexibility index (Phi) is 6.19. The summed E-state index contributed by atoms with van der Waals surface area (Å²) in [5.74, 6) is -0.245. The minimum atomic E-state index is -0.590. The number of esters is 1. The molecule has 1 aliphatic heterocycles. The lowest BCUT2D eigenvalue weighted by Crippen LogP contribution is -2.19. The first-order valence-electron chi connectivity index (χ1n) is 8.20. The summed E-state index contributed by atoms with van der Waals surface area (Å²) in [5, 5.41) is 10.8. The molecule has 1 heterocycles. The quantitative estimate of drug-likeness (QED) is 0.343. The Balaban J connectivity index is 1.56. The lowest BCUT2D eigenvalue weighted by molar-refractivity contribution is -0.135. The number of hydrogen-bond donors (Lipinski definition) is 1. The molecule has 0 spiro atoms. The van der Waals surface area contributed by atoms with Crippen molar-refractivity contribution in [2.24, 2.45) is 16.1 Å². The second kappa shape index (κ2) is 8.77. The summed E-state index contributed by atoms with van der Waals surface area (Å²) in [5.41, 5.74) is 1.97. The van der Waals surface area contributed by atoms with Crippen LogP contribution in [0.15, 0.2) is 45.4 Å². The maximum absolute atomic E-state index is 11.7. The molecule has 1 aliphatic carbocycles. The molecule has 2 aliphatic rings. The number of nitrogens with one attached hydrogen (secondary N) is 1. The zero-order valence-electron chi connectivity index (χ0n) is 14.3. The summed E-state index contributed by atoms with van der Waals surface area (Å²) in [6.45, 7) is 1.41. The van der Waals surface area contributed by atoms with Crippen LogP contribution in [0.4, 0.5) is 0 Å². The number of amides is 1. The first-order chi connectivity index (χ1) is 12.6. The Labute approximate surface area is 155 Å². The van der Waals surface area contributed by atoms with Crippen LogP contribution in [0.2, 0.25) is 0 Å². The third kappa shape index (κ3) is 5.53. The Bertz CT molecular complexity index is 784. The van der Waals surface area contributed by atoms with Gasteiger partial charge in [-0.2, -0.15) is 5.10 Å². The van der Waals surface area contributed by atoms with E-state index >= 15 is 0 Å². The van der Waals surface area contributed by atoms with Crippen molar-refractivity contribution in [3.63, 3.8) is 0 Å². The standard InChI is InChI=1S/C18H19N3O4S/c1-24-16(22)8-15-17(23)20-18(26-15)21-19-9-13-3-2-4-14(7-13)11-25-10-12-5-6-12/h2-4,7-9,12H,5-6,10-11H2,1H3,(H,20,21,23)/b15-8+,19-9?. The van der Waals surface area contributed by atoms with Crippen molar-refractivity contribution in [2.75, 3.05) is 13.7 Å². The zero-order valence-corrected chi connectivity index (χ0v) is 15.1. The van der Waals surface area contributed by atoms with Gasteiger partial charge < -0.3 is 9.47 Å². The molecule has 1 saturated heterocycles. The molecule has 3 rings (SSSR count). The number of carbonyl (C=O) groups is 2. The number of thioether (sulfide) groups is 1. The van der Waals surface area contributed by atoms with Gasteiger partial charge in [0.25, 0.3) is 5.91 Å². The van der Waals surface area contributed by atoms with Gasteiger partial charge in [0.1, 0.15) is 0 Å². The highest BCUT2D eigenvalue weighted by Gasteiger charge is 2.25. The molecule has 1 saturated carbocycles. The molecule has 2 fully saturated rings. The van der Waals surface area contributed by atoms with Gasteiger partial charge in [-0.15, -0.1) is 5.10 Å². The summed E-state index contributed by atoms with van der Waals surface area (Å²) in [6, 6.07) is 7.84. The first-order valence-corrected chi connectivity index (χ1v) is 9.02. The van der Waals surface area contributed by atoms with Crippen LogP contribution in [0, 0.1) is 5.92 Å². The van der Waals surface area contributed by atoms with Crippen molar-refractivity contribution in [3.05, 3.63) is 46.4 Å². The van der Waals surface area contributed by atoms with Crippen LogP contribution in [0.5, 0.6) is 0 Å². The van der Waals surface area contributed by atoms with Crippen LogP contribution in [-0.4, -0.2) is 37.0 Å². The normalized spacial score (nSPS) is 20.1. The molecule has 1 amide bonds. The minimum absolute atomic E-state index is 0.223. The summed E-state index contributed by atoms with van der Waals surface area (Å²) >= 11 is 1.04. The molecule has 0 atom stereocenters. The number of amidine groups is 1. The SMILES string of the molecule is COC(=O)/C=C1/S/C(=N\N=Cc2cccc(COCC3CC3)c2)NC1=O. The molecule has 1 N–H and O–H groups in total. The highest BCUT2D eigenvalue weighted by Crippen LogP contribution is 2.29. The van der Waals surface area contributed by atoms with Gasteiger partial charge in [-0.25, -0.2) is 4.79 Å². The van der Waals surface area contributed by atoms with E-state index in [0.29, 0.717) is 11.8 Å². The Morgan fingerprint density at radius 3 is 3.04 bits per heavy atom. The second-order valence-electron chi connectivity index (χ2n) is 5.94. The van der Waals surface area contributed by atoms with Crippen molar-refractivity contribution in [1.82, 2.24) is 5.32 Å². The van der Waals surface area contributed by atoms with Crippen molar-refractivity contribution in [1.29, 1.82) is 0 Å². The maximum atomic E-state index is 11.7. The van der Waals surface area contributed by atoms with Crippen LogP contribution in [-0.2, 0) is 25.7 Å². The van der Waals surface area contributed by atoms with E-state index in [0.717, 1.165) is 41.5 Å². The monoisotopic (exact) mass is 373 g/mol. The van der Waals surface area contributed by atoms with Gasteiger partial charge in [0.05, 0.1) is 24.8 Å². The van der Waals surface area contributed by atoms with E-state index < -0.39 is 11.9 Å². The number of ether oxygens (including phenoxy) is 2. The van der Waals surface area contributed by atoms with Crippen molar-refractivity contribution < 1.29 is 19.1 Å². The average molecular weight is 373 g/mol. The fourth-order valence-corrected chi connectivity index (χ4v) is 2.92. The number of nitrogens with zero attached hydrogens (tertiary/aromatic N) is 2. The summed E-state index contributed by atoms with van der Waals surface area (Å²) in [4.78, 5) is 23.1. The minimum Gasteiger partial charge on any atom is -0.466 e. The molecule has 8 heteroatoms.